The van der Waals surface area contributed by atoms with Gasteiger partial charge in [-0.15, -0.1) is 0 Å². The molecule has 2 rings (SSSR count). The number of nitrogens with zero attached hydrogens (tertiary/aromatic N) is 1. The van der Waals surface area contributed by atoms with Crippen LogP contribution in [0.25, 0.3) is 0 Å². The molecule has 19 heavy (non-hydrogen) atoms. The van der Waals surface area contributed by atoms with Crippen LogP contribution in [0.3, 0.4) is 0 Å². The van der Waals surface area contributed by atoms with Gasteiger partial charge in [0.1, 0.15) is 5.69 Å². The molecule has 0 aliphatic carbocycles. The highest BCUT2D eigenvalue weighted by atomic mass is 79.9. The van der Waals surface area contributed by atoms with Crippen LogP contribution in [0.2, 0.25) is 0 Å². The number of amides is 1. The SMILES string of the molecule is CNCc1ccccc1NC(=O)c1ncccc1Br. The molecule has 98 valence electrons. The lowest BCUT2D eigenvalue weighted by Crippen LogP contribution is -2.16. The van der Waals surface area contributed by atoms with Crippen LogP contribution >= 0.6 is 15.9 Å². The zero-order valence-electron chi connectivity index (χ0n) is 10.5. The molecule has 0 fully saturated rings. The Kier molecular flexibility index (Phi) is 4.65. The Balaban J connectivity index is 2.22. The Bertz CT molecular complexity index is 586. The quantitative estimate of drug-likeness (QED) is 0.911. The van der Waals surface area contributed by atoms with Crippen LogP contribution in [-0.2, 0) is 6.54 Å². The first-order valence-corrected chi connectivity index (χ1v) is 6.66. The van der Waals surface area contributed by atoms with Gasteiger partial charge >= 0.3 is 0 Å². The van der Waals surface area contributed by atoms with Gasteiger partial charge < -0.3 is 10.6 Å². The summed E-state index contributed by atoms with van der Waals surface area (Å²) in [5.74, 6) is -0.226. The highest BCUT2D eigenvalue weighted by Gasteiger charge is 2.12. The maximum Gasteiger partial charge on any atom is 0.275 e. The molecule has 0 bridgehead atoms. The second-order valence-electron chi connectivity index (χ2n) is 3.98. The summed E-state index contributed by atoms with van der Waals surface area (Å²) in [5.41, 5.74) is 2.20. The van der Waals surface area contributed by atoms with E-state index >= 15 is 0 Å². The number of rotatable bonds is 4. The number of carbonyl (C=O) groups excluding carboxylic acids is 1. The summed E-state index contributed by atoms with van der Waals surface area (Å²) in [5, 5.41) is 5.95. The van der Waals surface area contributed by atoms with Gasteiger partial charge in [0.25, 0.3) is 5.91 Å². The summed E-state index contributed by atoms with van der Waals surface area (Å²) in [6.45, 7) is 0.694. The zero-order chi connectivity index (χ0) is 13.7. The van der Waals surface area contributed by atoms with Gasteiger partial charge in [0.15, 0.2) is 0 Å². The van der Waals surface area contributed by atoms with Crippen molar-refractivity contribution >= 4 is 27.5 Å². The Hall–Kier alpha value is -1.72. The summed E-state index contributed by atoms with van der Waals surface area (Å²) in [6.07, 6.45) is 1.60. The fourth-order valence-corrected chi connectivity index (χ4v) is 2.16. The predicted octanol–water partition coefficient (Wildman–Crippen LogP) is 2.82. The van der Waals surface area contributed by atoms with Crippen LogP contribution in [0.1, 0.15) is 16.1 Å². The van der Waals surface area contributed by atoms with Crippen LogP contribution in [0.15, 0.2) is 47.1 Å². The molecule has 4 nitrogen and oxygen atoms in total. The number of hydrogen-bond acceptors (Lipinski definition) is 3. The monoisotopic (exact) mass is 319 g/mol. The van der Waals surface area contributed by atoms with E-state index in [1.807, 2.05) is 31.3 Å². The molecule has 1 aromatic carbocycles. The molecule has 1 amide bonds. The molecule has 2 N–H and O–H groups in total. The number of para-hydroxylation sites is 1. The van der Waals surface area contributed by atoms with Crippen molar-refractivity contribution in [3.63, 3.8) is 0 Å². The van der Waals surface area contributed by atoms with Gasteiger partial charge in [0, 0.05) is 22.9 Å². The molecule has 0 atom stereocenters. The third-order valence-corrected chi connectivity index (χ3v) is 3.25. The van der Waals surface area contributed by atoms with Gasteiger partial charge in [0.05, 0.1) is 0 Å². The minimum absolute atomic E-state index is 0.226. The normalized spacial score (nSPS) is 10.2. The van der Waals surface area contributed by atoms with E-state index in [-0.39, 0.29) is 5.91 Å². The molecule has 0 unspecified atom stereocenters. The van der Waals surface area contributed by atoms with E-state index < -0.39 is 0 Å². The number of benzene rings is 1. The second kappa shape index (κ2) is 6.45. The molecule has 0 spiro atoms. The molecule has 5 heteroatoms. The number of hydrogen-bond donors (Lipinski definition) is 2. The van der Waals surface area contributed by atoms with E-state index in [0.717, 1.165) is 11.3 Å². The van der Waals surface area contributed by atoms with Crippen molar-refractivity contribution in [1.82, 2.24) is 10.3 Å². The summed E-state index contributed by atoms with van der Waals surface area (Å²) in [4.78, 5) is 16.2. The summed E-state index contributed by atoms with van der Waals surface area (Å²) in [6, 6.07) is 11.2. The zero-order valence-corrected chi connectivity index (χ0v) is 12.1. The van der Waals surface area contributed by atoms with Gasteiger partial charge in [-0.3, -0.25) is 4.79 Å². The van der Waals surface area contributed by atoms with E-state index in [9.17, 15) is 4.79 Å². The molecular formula is C14H14BrN3O. The largest absolute Gasteiger partial charge is 0.320 e. The number of carbonyl (C=O) groups is 1. The minimum atomic E-state index is -0.226. The van der Waals surface area contributed by atoms with E-state index in [2.05, 4.69) is 31.5 Å². The van der Waals surface area contributed by atoms with Crippen LogP contribution < -0.4 is 10.6 Å². The Morgan fingerprint density at radius 3 is 2.79 bits per heavy atom. The molecule has 2 aromatic rings. The van der Waals surface area contributed by atoms with Gasteiger partial charge in [-0.2, -0.15) is 0 Å². The third kappa shape index (κ3) is 3.39. The lowest BCUT2D eigenvalue weighted by atomic mass is 10.1. The molecular weight excluding hydrogens is 306 g/mol. The van der Waals surface area contributed by atoms with E-state index in [1.165, 1.54) is 0 Å². The lowest BCUT2D eigenvalue weighted by Gasteiger charge is -2.10. The summed E-state index contributed by atoms with van der Waals surface area (Å²) < 4.78 is 0.679. The number of aromatic nitrogens is 1. The van der Waals surface area contributed by atoms with E-state index in [0.29, 0.717) is 16.7 Å². The standard InChI is InChI=1S/C14H14BrN3O/c1-16-9-10-5-2-3-7-12(10)18-14(19)13-11(15)6-4-8-17-13/h2-8,16H,9H2,1H3,(H,18,19). The molecule has 1 heterocycles. The molecule has 0 aliphatic heterocycles. The van der Waals surface area contributed by atoms with Crippen LogP contribution in [-0.4, -0.2) is 17.9 Å². The average Bonchev–Trinajstić information content (AvgIpc) is 2.41. The van der Waals surface area contributed by atoms with Crippen molar-refractivity contribution in [3.8, 4) is 0 Å². The first-order valence-electron chi connectivity index (χ1n) is 5.86. The van der Waals surface area contributed by atoms with Crippen LogP contribution in [0.5, 0.6) is 0 Å². The van der Waals surface area contributed by atoms with Crippen molar-refractivity contribution in [2.75, 3.05) is 12.4 Å². The Morgan fingerprint density at radius 1 is 1.26 bits per heavy atom. The highest BCUT2D eigenvalue weighted by molar-refractivity contribution is 9.10. The van der Waals surface area contributed by atoms with Crippen molar-refractivity contribution in [1.29, 1.82) is 0 Å². The smallest absolute Gasteiger partial charge is 0.275 e. The highest BCUT2D eigenvalue weighted by Crippen LogP contribution is 2.18. The number of anilines is 1. The summed E-state index contributed by atoms with van der Waals surface area (Å²) >= 11 is 3.32. The molecule has 0 aliphatic rings. The number of halogens is 1. The molecule has 0 saturated carbocycles. The first kappa shape index (κ1) is 13.7. The fraction of sp³-hybridized carbons (Fsp3) is 0.143. The van der Waals surface area contributed by atoms with Gasteiger partial charge in [-0.05, 0) is 46.7 Å². The maximum atomic E-state index is 12.2. The van der Waals surface area contributed by atoms with Crippen LogP contribution in [0, 0.1) is 0 Å². The average molecular weight is 320 g/mol. The van der Waals surface area contributed by atoms with E-state index in [4.69, 9.17) is 0 Å². The third-order valence-electron chi connectivity index (χ3n) is 2.61. The maximum absolute atomic E-state index is 12.2. The van der Waals surface area contributed by atoms with Gasteiger partial charge in [-0.1, -0.05) is 18.2 Å². The predicted molar refractivity (Wildman–Crippen MR) is 79.1 cm³/mol. The van der Waals surface area contributed by atoms with Crippen molar-refractivity contribution in [3.05, 3.63) is 58.3 Å². The molecule has 1 aromatic heterocycles. The molecule has 0 saturated heterocycles. The summed E-state index contributed by atoms with van der Waals surface area (Å²) in [7, 11) is 1.87. The Morgan fingerprint density at radius 2 is 2.05 bits per heavy atom. The van der Waals surface area contributed by atoms with Crippen molar-refractivity contribution in [2.45, 2.75) is 6.54 Å². The number of pyridine rings is 1. The van der Waals surface area contributed by atoms with Gasteiger partial charge in [-0.25, -0.2) is 4.98 Å². The minimum Gasteiger partial charge on any atom is -0.320 e. The lowest BCUT2D eigenvalue weighted by molar-refractivity contribution is 0.102. The number of nitrogens with one attached hydrogen (secondary N) is 2. The van der Waals surface area contributed by atoms with Crippen LogP contribution in [0.4, 0.5) is 5.69 Å². The second-order valence-corrected chi connectivity index (χ2v) is 4.83. The van der Waals surface area contributed by atoms with Crippen molar-refractivity contribution < 1.29 is 4.79 Å². The van der Waals surface area contributed by atoms with Crippen molar-refractivity contribution in [2.24, 2.45) is 0 Å². The van der Waals surface area contributed by atoms with Gasteiger partial charge in [0.2, 0.25) is 0 Å². The fourth-order valence-electron chi connectivity index (χ4n) is 1.72. The topological polar surface area (TPSA) is 54.0 Å². The Labute approximate surface area is 120 Å². The molecule has 0 radical (unpaired) electrons. The first-order chi connectivity index (χ1) is 9.22. The van der Waals surface area contributed by atoms with E-state index in [1.54, 1.807) is 18.3 Å².